The second-order valence-corrected chi connectivity index (χ2v) is 5.94. The number of rotatable bonds is 2. The molecule has 0 aliphatic heterocycles. The number of nitrogens with one attached hydrogen (secondary N) is 1. The van der Waals surface area contributed by atoms with E-state index in [4.69, 9.17) is 11.1 Å². The SMILES string of the molecule is Cc1cc2ncn(-c3cccc(Br)c3C(=N)N)c2cc1C. The molecule has 0 bridgehead atoms. The molecule has 0 unspecified atom stereocenters. The van der Waals surface area contributed by atoms with Crippen molar-refractivity contribution in [2.24, 2.45) is 5.73 Å². The van der Waals surface area contributed by atoms with Crippen molar-refractivity contribution in [3.63, 3.8) is 0 Å². The zero-order valence-electron chi connectivity index (χ0n) is 11.8. The van der Waals surface area contributed by atoms with Gasteiger partial charge in [0.05, 0.1) is 22.3 Å². The third-order valence-electron chi connectivity index (χ3n) is 3.68. The van der Waals surface area contributed by atoms with Gasteiger partial charge in [-0.1, -0.05) is 6.07 Å². The average Bonchev–Trinajstić information content (AvgIpc) is 2.81. The quantitative estimate of drug-likeness (QED) is 0.550. The van der Waals surface area contributed by atoms with E-state index in [1.54, 1.807) is 6.33 Å². The molecule has 0 atom stereocenters. The van der Waals surface area contributed by atoms with Gasteiger partial charge < -0.3 is 5.73 Å². The minimum Gasteiger partial charge on any atom is -0.384 e. The Morgan fingerprint density at radius 2 is 1.95 bits per heavy atom. The molecule has 0 aliphatic rings. The van der Waals surface area contributed by atoms with E-state index >= 15 is 0 Å². The van der Waals surface area contributed by atoms with Crippen LogP contribution in [0, 0.1) is 19.3 Å². The zero-order chi connectivity index (χ0) is 15.1. The Balaban J connectivity index is 2.34. The lowest BCUT2D eigenvalue weighted by molar-refractivity contribution is 1.08. The van der Waals surface area contributed by atoms with Gasteiger partial charge in [0.2, 0.25) is 0 Å². The molecule has 0 saturated heterocycles. The van der Waals surface area contributed by atoms with Crippen LogP contribution >= 0.6 is 15.9 Å². The van der Waals surface area contributed by atoms with Crippen molar-refractivity contribution in [3.05, 3.63) is 57.8 Å². The standard InChI is InChI=1S/C16H15BrN4/c1-9-6-12-14(7-10(9)2)21(8-20-12)13-5-3-4-11(17)15(13)16(18)19/h3-8H,1-2H3,(H3,18,19). The molecule has 2 aromatic carbocycles. The molecule has 3 N–H and O–H groups in total. The van der Waals surface area contributed by atoms with E-state index in [-0.39, 0.29) is 5.84 Å². The van der Waals surface area contributed by atoms with Crippen molar-refractivity contribution in [3.8, 4) is 5.69 Å². The number of aromatic nitrogens is 2. The molecule has 0 spiro atoms. The van der Waals surface area contributed by atoms with Gasteiger partial charge in [0.25, 0.3) is 0 Å². The number of hydrogen-bond donors (Lipinski definition) is 2. The number of nitrogens with two attached hydrogens (primary N) is 1. The van der Waals surface area contributed by atoms with Gasteiger partial charge in [0, 0.05) is 4.47 Å². The van der Waals surface area contributed by atoms with Crippen LogP contribution in [-0.4, -0.2) is 15.4 Å². The topological polar surface area (TPSA) is 67.7 Å². The summed E-state index contributed by atoms with van der Waals surface area (Å²) in [5, 5.41) is 7.82. The molecule has 4 nitrogen and oxygen atoms in total. The van der Waals surface area contributed by atoms with Gasteiger partial charge in [-0.25, -0.2) is 4.98 Å². The van der Waals surface area contributed by atoms with Gasteiger partial charge in [0.1, 0.15) is 12.2 Å². The average molecular weight is 343 g/mol. The summed E-state index contributed by atoms with van der Waals surface area (Å²) < 4.78 is 2.78. The Hall–Kier alpha value is -2.14. The molecule has 5 heteroatoms. The number of halogens is 1. The Bertz CT molecular complexity index is 864. The number of fused-ring (bicyclic) bond motifs is 1. The third kappa shape index (κ3) is 2.23. The number of hydrogen-bond acceptors (Lipinski definition) is 2. The van der Waals surface area contributed by atoms with Gasteiger partial charge in [-0.3, -0.25) is 9.98 Å². The highest BCUT2D eigenvalue weighted by molar-refractivity contribution is 9.10. The predicted molar refractivity (Wildman–Crippen MR) is 89.3 cm³/mol. The van der Waals surface area contributed by atoms with Gasteiger partial charge in [-0.2, -0.15) is 0 Å². The molecule has 0 radical (unpaired) electrons. The first kappa shape index (κ1) is 13.8. The first-order chi connectivity index (χ1) is 9.99. The van der Waals surface area contributed by atoms with E-state index in [2.05, 4.69) is 46.9 Å². The lowest BCUT2D eigenvalue weighted by Gasteiger charge is -2.12. The molecular weight excluding hydrogens is 328 g/mol. The summed E-state index contributed by atoms with van der Waals surface area (Å²) in [7, 11) is 0. The third-order valence-corrected chi connectivity index (χ3v) is 4.34. The Morgan fingerprint density at radius 1 is 1.24 bits per heavy atom. The lowest BCUT2D eigenvalue weighted by atomic mass is 10.1. The normalized spacial score (nSPS) is 11.0. The zero-order valence-corrected chi connectivity index (χ0v) is 13.4. The monoisotopic (exact) mass is 342 g/mol. The molecule has 3 aromatic rings. The fourth-order valence-corrected chi connectivity index (χ4v) is 3.01. The Morgan fingerprint density at radius 3 is 2.67 bits per heavy atom. The summed E-state index contributed by atoms with van der Waals surface area (Å²) >= 11 is 3.47. The van der Waals surface area contributed by atoms with Crippen LogP contribution in [0.1, 0.15) is 16.7 Å². The van der Waals surface area contributed by atoms with E-state index in [0.717, 1.165) is 21.2 Å². The summed E-state index contributed by atoms with van der Waals surface area (Å²) in [5.41, 5.74) is 11.6. The van der Waals surface area contributed by atoms with Crippen LogP contribution in [0.5, 0.6) is 0 Å². The van der Waals surface area contributed by atoms with E-state index in [9.17, 15) is 0 Å². The van der Waals surface area contributed by atoms with E-state index < -0.39 is 0 Å². The Labute approximate surface area is 131 Å². The largest absolute Gasteiger partial charge is 0.384 e. The maximum absolute atomic E-state index is 7.82. The highest BCUT2D eigenvalue weighted by Gasteiger charge is 2.14. The summed E-state index contributed by atoms with van der Waals surface area (Å²) in [6, 6.07) is 9.94. The van der Waals surface area contributed by atoms with E-state index in [0.29, 0.717) is 5.56 Å². The van der Waals surface area contributed by atoms with Gasteiger partial charge in [0.15, 0.2) is 0 Å². The molecule has 1 aromatic heterocycles. The molecule has 21 heavy (non-hydrogen) atoms. The molecule has 0 saturated carbocycles. The second kappa shape index (κ2) is 5.00. The number of aryl methyl sites for hydroxylation is 2. The predicted octanol–water partition coefficient (Wildman–Crippen LogP) is 3.69. The molecule has 3 rings (SSSR count). The molecule has 0 amide bonds. The Kier molecular flexibility index (Phi) is 3.29. The molecule has 1 heterocycles. The van der Waals surface area contributed by atoms with Crippen molar-refractivity contribution in [1.29, 1.82) is 5.41 Å². The summed E-state index contributed by atoms with van der Waals surface area (Å²) in [5.74, 6) is 0.0307. The molecule has 0 aliphatic carbocycles. The number of imidazole rings is 1. The smallest absolute Gasteiger partial charge is 0.126 e. The fraction of sp³-hybridized carbons (Fsp3) is 0.125. The molecule has 106 valence electrons. The van der Waals surface area contributed by atoms with Gasteiger partial charge in [-0.05, 0) is 65.2 Å². The van der Waals surface area contributed by atoms with Gasteiger partial charge >= 0.3 is 0 Å². The maximum atomic E-state index is 7.82. The minimum atomic E-state index is 0.0307. The lowest BCUT2D eigenvalue weighted by Crippen LogP contribution is -2.15. The highest BCUT2D eigenvalue weighted by atomic mass is 79.9. The molecular formula is C16H15BrN4. The summed E-state index contributed by atoms with van der Waals surface area (Å²) in [6.45, 7) is 4.16. The first-order valence-corrected chi connectivity index (χ1v) is 7.36. The van der Waals surface area contributed by atoms with Crippen molar-refractivity contribution in [1.82, 2.24) is 9.55 Å². The van der Waals surface area contributed by atoms with Crippen LogP contribution in [0.25, 0.3) is 16.7 Å². The van der Waals surface area contributed by atoms with Crippen molar-refractivity contribution in [2.45, 2.75) is 13.8 Å². The van der Waals surface area contributed by atoms with Crippen molar-refractivity contribution >= 4 is 32.8 Å². The molecule has 0 fully saturated rings. The number of amidine groups is 1. The maximum Gasteiger partial charge on any atom is 0.126 e. The van der Waals surface area contributed by atoms with Crippen molar-refractivity contribution in [2.75, 3.05) is 0 Å². The summed E-state index contributed by atoms with van der Waals surface area (Å²) in [4.78, 5) is 4.46. The minimum absolute atomic E-state index is 0.0307. The second-order valence-electron chi connectivity index (χ2n) is 5.09. The van der Waals surface area contributed by atoms with Crippen LogP contribution in [0.4, 0.5) is 0 Å². The van der Waals surface area contributed by atoms with Gasteiger partial charge in [-0.15, -0.1) is 0 Å². The van der Waals surface area contributed by atoms with Crippen LogP contribution in [-0.2, 0) is 0 Å². The fourth-order valence-electron chi connectivity index (χ4n) is 2.44. The first-order valence-electron chi connectivity index (χ1n) is 6.56. The number of nitrogen functional groups attached to an aromatic ring is 1. The van der Waals surface area contributed by atoms with Crippen LogP contribution < -0.4 is 5.73 Å². The van der Waals surface area contributed by atoms with Crippen molar-refractivity contribution < 1.29 is 0 Å². The highest BCUT2D eigenvalue weighted by Crippen LogP contribution is 2.27. The van der Waals surface area contributed by atoms with Crippen LogP contribution in [0.15, 0.2) is 41.1 Å². The van der Waals surface area contributed by atoms with E-state index in [1.165, 1.54) is 11.1 Å². The van der Waals surface area contributed by atoms with E-state index in [1.807, 2.05) is 22.8 Å². The number of nitrogens with zero attached hydrogens (tertiary/aromatic N) is 2. The van der Waals surface area contributed by atoms with Crippen LogP contribution in [0.2, 0.25) is 0 Å². The van der Waals surface area contributed by atoms with Crippen LogP contribution in [0.3, 0.4) is 0 Å². The summed E-state index contributed by atoms with van der Waals surface area (Å²) in [6.07, 6.45) is 1.78. The number of benzene rings is 2.